The summed E-state index contributed by atoms with van der Waals surface area (Å²) in [6.45, 7) is 2.13. The zero-order valence-corrected chi connectivity index (χ0v) is 11.6. The van der Waals surface area contributed by atoms with Crippen molar-refractivity contribution < 1.29 is 0 Å². The van der Waals surface area contributed by atoms with Crippen LogP contribution < -0.4 is 4.90 Å². The Morgan fingerprint density at radius 3 is 2.81 bits per heavy atom. The van der Waals surface area contributed by atoms with E-state index in [1.807, 2.05) is 12.4 Å². The molecule has 0 amide bonds. The van der Waals surface area contributed by atoms with Gasteiger partial charge in [0.25, 0.3) is 0 Å². The number of pyridine rings is 1. The number of hydrogen-bond acceptors (Lipinski definition) is 2. The molecule has 1 aliphatic carbocycles. The largest absolute Gasteiger partial charge is 0.370 e. The molecule has 0 radical (unpaired) electrons. The van der Waals surface area contributed by atoms with Crippen molar-refractivity contribution >= 4 is 21.6 Å². The first-order chi connectivity index (χ1) is 7.70. The lowest BCUT2D eigenvalue weighted by Crippen LogP contribution is -2.41. The molecule has 0 saturated heterocycles. The van der Waals surface area contributed by atoms with E-state index in [4.69, 9.17) is 0 Å². The van der Waals surface area contributed by atoms with Crippen LogP contribution in [-0.2, 0) is 0 Å². The van der Waals surface area contributed by atoms with Gasteiger partial charge >= 0.3 is 0 Å². The second-order valence-corrected chi connectivity index (χ2v) is 5.82. The standard InChI is InChI=1S/C13H19BrN2/c1-10-9-15-8-7-12(10)16(2)13-6-4-3-5-11(13)14/h7-9,11,13H,3-6H2,1-2H3. The first-order valence-electron chi connectivity index (χ1n) is 5.97. The molecule has 0 aromatic carbocycles. The molecular formula is C13H19BrN2. The zero-order chi connectivity index (χ0) is 11.5. The molecule has 1 aromatic rings. The summed E-state index contributed by atoms with van der Waals surface area (Å²) in [7, 11) is 2.20. The van der Waals surface area contributed by atoms with Crippen molar-refractivity contribution in [3.8, 4) is 0 Å². The SMILES string of the molecule is Cc1cnccc1N(C)C1CCCCC1Br. The molecular weight excluding hydrogens is 264 g/mol. The predicted octanol–water partition coefficient (Wildman–Crippen LogP) is 3.53. The van der Waals surface area contributed by atoms with Crippen molar-refractivity contribution in [2.75, 3.05) is 11.9 Å². The second kappa shape index (κ2) is 5.17. The Morgan fingerprint density at radius 1 is 1.38 bits per heavy atom. The van der Waals surface area contributed by atoms with Crippen LogP contribution in [0.1, 0.15) is 31.2 Å². The monoisotopic (exact) mass is 282 g/mol. The van der Waals surface area contributed by atoms with E-state index in [0.717, 1.165) is 0 Å². The lowest BCUT2D eigenvalue weighted by Gasteiger charge is -2.37. The van der Waals surface area contributed by atoms with Crippen LogP contribution in [0.4, 0.5) is 5.69 Å². The highest BCUT2D eigenvalue weighted by Crippen LogP contribution is 2.31. The molecule has 1 aromatic heterocycles. The van der Waals surface area contributed by atoms with Gasteiger partial charge in [0.05, 0.1) is 0 Å². The van der Waals surface area contributed by atoms with Gasteiger partial charge in [-0.05, 0) is 31.4 Å². The molecule has 1 aliphatic rings. The quantitative estimate of drug-likeness (QED) is 0.772. The highest BCUT2D eigenvalue weighted by Gasteiger charge is 2.26. The summed E-state index contributed by atoms with van der Waals surface area (Å²) < 4.78 is 0. The molecule has 0 N–H and O–H groups in total. The summed E-state index contributed by atoms with van der Waals surface area (Å²) in [5.41, 5.74) is 2.57. The first-order valence-corrected chi connectivity index (χ1v) is 6.89. The van der Waals surface area contributed by atoms with Gasteiger partial charge in [0.1, 0.15) is 0 Å². The molecule has 2 nitrogen and oxygen atoms in total. The fraction of sp³-hybridized carbons (Fsp3) is 0.615. The number of halogens is 1. The molecule has 1 fully saturated rings. The Bertz CT molecular complexity index is 354. The maximum atomic E-state index is 4.15. The van der Waals surface area contributed by atoms with Crippen LogP contribution in [-0.4, -0.2) is 22.9 Å². The van der Waals surface area contributed by atoms with E-state index in [2.05, 4.69) is 45.9 Å². The van der Waals surface area contributed by atoms with E-state index in [9.17, 15) is 0 Å². The number of anilines is 1. The number of nitrogens with zero attached hydrogens (tertiary/aromatic N) is 2. The third kappa shape index (κ3) is 2.40. The number of alkyl halides is 1. The number of hydrogen-bond donors (Lipinski definition) is 0. The van der Waals surface area contributed by atoms with Gasteiger partial charge in [-0.15, -0.1) is 0 Å². The summed E-state index contributed by atoms with van der Waals surface area (Å²) in [6.07, 6.45) is 9.10. The first kappa shape index (κ1) is 11.9. The fourth-order valence-corrected chi connectivity index (χ4v) is 3.49. The molecule has 2 atom stereocenters. The summed E-state index contributed by atoms with van der Waals surface area (Å²) >= 11 is 3.82. The van der Waals surface area contributed by atoms with Crippen LogP contribution in [0.3, 0.4) is 0 Å². The van der Waals surface area contributed by atoms with Crippen LogP contribution in [0, 0.1) is 6.92 Å². The molecule has 0 aliphatic heterocycles. The van der Waals surface area contributed by atoms with Crippen molar-refractivity contribution in [3.63, 3.8) is 0 Å². The maximum Gasteiger partial charge on any atom is 0.0427 e. The van der Waals surface area contributed by atoms with Crippen LogP contribution >= 0.6 is 15.9 Å². The van der Waals surface area contributed by atoms with Crippen LogP contribution in [0.15, 0.2) is 18.5 Å². The number of aryl methyl sites for hydroxylation is 1. The summed E-state index contributed by atoms with van der Waals surface area (Å²) in [4.78, 5) is 7.19. The minimum absolute atomic E-state index is 0.620. The third-order valence-corrected chi connectivity index (χ3v) is 4.58. The fourth-order valence-electron chi connectivity index (χ4n) is 2.54. The highest BCUT2D eigenvalue weighted by atomic mass is 79.9. The van der Waals surface area contributed by atoms with Crippen LogP contribution in [0.25, 0.3) is 0 Å². The Hall–Kier alpha value is -0.570. The molecule has 3 heteroatoms. The Labute approximate surface area is 106 Å². The van der Waals surface area contributed by atoms with Crippen molar-refractivity contribution in [3.05, 3.63) is 24.0 Å². The third-order valence-electron chi connectivity index (χ3n) is 3.52. The van der Waals surface area contributed by atoms with E-state index < -0.39 is 0 Å². The van der Waals surface area contributed by atoms with Gasteiger partial charge in [-0.1, -0.05) is 28.8 Å². The average molecular weight is 283 g/mol. The van der Waals surface area contributed by atoms with E-state index in [1.165, 1.54) is 36.9 Å². The van der Waals surface area contributed by atoms with Gasteiger partial charge in [-0.25, -0.2) is 0 Å². The van der Waals surface area contributed by atoms with Gasteiger partial charge in [0.2, 0.25) is 0 Å². The maximum absolute atomic E-state index is 4.15. The van der Waals surface area contributed by atoms with Crippen molar-refractivity contribution in [1.29, 1.82) is 0 Å². The van der Waals surface area contributed by atoms with Gasteiger partial charge < -0.3 is 4.90 Å². The van der Waals surface area contributed by atoms with E-state index in [0.29, 0.717) is 10.9 Å². The van der Waals surface area contributed by atoms with E-state index in [-0.39, 0.29) is 0 Å². The molecule has 2 rings (SSSR count). The molecule has 0 spiro atoms. The Kier molecular flexibility index (Phi) is 3.85. The predicted molar refractivity (Wildman–Crippen MR) is 72.3 cm³/mol. The molecule has 1 heterocycles. The van der Waals surface area contributed by atoms with Crippen LogP contribution in [0.2, 0.25) is 0 Å². The molecule has 16 heavy (non-hydrogen) atoms. The lowest BCUT2D eigenvalue weighted by molar-refractivity contribution is 0.443. The van der Waals surface area contributed by atoms with E-state index >= 15 is 0 Å². The highest BCUT2D eigenvalue weighted by molar-refractivity contribution is 9.09. The van der Waals surface area contributed by atoms with Crippen molar-refractivity contribution in [2.24, 2.45) is 0 Å². The van der Waals surface area contributed by atoms with E-state index in [1.54, 1.807) is 0 Å². The van der Waals surface area contributed by atoms with Gasteiger partial charge in [0, 0.05) is 36.0 Å². The normalized spacial score (nSPS) is 25.4. The van der Waals surface area contributed by atoms with Gasteiger partial charge in [0.15, 0.2) is 0 Å². The van der Waals surface area contributed by atoms with Gasteiger partial charge in [-0.2, -0.15) is 0 Å². The Balaban J connectivity index is 2.17. The minimum Gasteiger partial charge on any atom is -0.370 e. The second-order valence-electron chi connectivity index (χ2n) is 4.64. The molecule has 88 valence electrons. The smallest absolute Gasteiger partial charge is 0.0427 e. The van der Waals surface area contributed by atoms with Crippen molar-refractivity contribution in [1.82, 2.24) is 4.98 Å². The minimum atomic E-state index is 0.620. The van der Waals surface area contributed by atoms with Crippen molar-refractivity contribution in [2.45, 2.75) is 43.5 Å². The average Bonchev–Trinajstić information content (AvgIpc) is 2.29. The summed E-state index contributed by atoms with van der Waals surface area (Å²) in [5, 5.41) is 0. The van der Waals surface area contributed by atoms with Gasteiger partial charge in [-0.3, -0.25) is 4.98 Å². The number of rotatable bonds is 2. The molecule has 1 saturated carbocycles. The van der Waals surface area contributed by atoms with Crippen LogP contribution in [0.5, 0.6) is 0 Å². The lowest BCUT2D eigenvalue weighted by atomic mass is 9.94. The number of aromatic nitrogens is 1. The molecule has 2 unspecified atom stereocenters. The summed E-state index contributed by atoms with van der Waals surface area (Å²) in [6, 6.07) is 2.73. The topological polar surface area (TPSA) is 16.1 Å². The zero-order valence-electron chi connectivity index (χ0n) is 9.99. The Morgan fingerprint density at radius 2 is 2.12 bits per heavy atom. The molecule has 0 bridgehead atoms. The summed E-state index contributed by atoms with van der Waals surface area (Å²) in [5.74, 6) is 0.